The molecule has 0 bridgehead atoms. The summed E-state index contributed by atoms with van der Waals surface area (Å²) < 4.78 is 6.50. The smallest absolute Gasteiger partial charge is 0.200 e. The first kappa shape index (κ1) is 16.8. The number of hydrogen-bond acceptors (Lipinski definition) is 4. The van der Waals surface area contributed by atoms with Gasteiger partial charge in [-0.25, -0.2) is 4.98 Å². The molecule has 1 aromatic heterocycles. The second-order valence-electron chi connectivity index (χ2n) is 6.04. The lowest BCUT2D eigenvalue weighted by atomic mass is 10.5. The highest BCUT2D eigenvalue weighted by molar-refractivity contribution is 7.09. The molecule has 1 heterocycles. The van der Waals surface area contributed by atoms with Crippen molar-refractivity contribution >= 4 is 19.7 Å². The zero-order valence-electron chi connectivity index (χ0n) is 13.1. The minimum absolute atomic E-state index is 0.520. The predicted molar refractivity (Wildman–Crippen MR) is 85.8 cm³/mol. The van der Waals surface area contributed by atoms with Crippen LogP contribution in [0.25, 0.3) is 0 Å². The molecule has 19 heavy (non-hydrogen) atoms. The van der Waals surface area contributed by atoms with Gasteiger partial charge < -0.3 is 10.2 Å². The molecule has 0 aliphatic rings. The highest BCUT2D eigenvalue weighted by Gasteiger charge is 2.45. The Labute approximate surface area is 122 Å². The molecule has 0 amide bonds. The van der Waals surface area contributed by atoms with E-state index in [9.17, 15) is 0 Å². The van der Waals surface area contributed by atoms with Crippen molar-refractivity contribution in [3.8, 4) is 0 Å². The van der Waals surface area contributed by atoms with Gasteiger partial charge in [-0.2, -0.15) is 0 Å². The second kappa shape index (κ2) is 6.97. The van der Waals surface area contributed by atoms with Gasteiger partial charge in [-0.1, -0.05) is 41.5 Å². The highest BCUT2D eigenvalue weighted by Crippen LogP contribution is 2.42. The first-order valence-corrected chi connectivity index (χ1v) is 10.1. The third-order valence-electron chi connectivity index (χ3n) is 3.95. The average Bonchev–Trinajstić information content (AvgIpc) is 2.76. The lowest BCUT2D eigenvalue weighted by molar-refractivity contribution is 0.262. The summed E-state index contributed by atoms with van der Waals surface area (Å²) in [5, 5.41) is 3.06. The fourth-order valence-electron chi connectivity index (χ4n) is 3.21. The third kappa shape index (κ3) is 3.65. The lowest BCUT2D eigenvalue weighted by Crippen LogP contribution is -2.47. The Kier molecular flexibility index (Phi) is 6.17. The molecule has 0 aliphatic heterocycles. The van der Waals surface area contributed by atoms with Crippen LogP contribution in [0.2, 0.25) is 16.6 Å². The van der Waals surface area contributed by atoms with Gasteiger partial charge in [0.05, 0.1) is 12.3 Å². The van der Waals surface area contributed by atoms with Crippen LogP contribution in [0, 0.1) is 0 Å². The number of aromatic nitrogens is 1. The minimum atomic E-state index is -1.78. The van der Waals surface area contributed by atoms with Gasteiger partial charge in [-0.05, 0) is 16.6 Å². The van der Waals surface area contributed by atoms with Crippen LogP contribution in [-0.2, 0) is 17.6 Å². The molecule has 0 saturated heterocycles. The maximum Gasteiger partial charge on any atom is 0.200 e. The summed E-state index contributed by atoms with van der Waals surface area (Å²) in [6.07, 6.45) is 0. The molecule has 5 heteroatoms. The summed E-state index contributed by atoms with van der Waals surface area (Å²) in [5.74, 6) is 0. The van der Waals surface area contributed by atoms with Crippen LogP contribution in [0.3, 0.4) is 0 Å². The zero-order valence-corrected chi connectivity index (χ0v) is 14.9. The maximum atomic E-state index is 6.50. The predicted octanol–water partition coefficient (Wildman–Crippen LogP) is 4.29. The van der Waals surface area contributed by atoms with E-state index in [-0.39, 0.29) is 0 Å². The molecule has 110 valence electrons. The minimum Gasteiger partial charge on any atom is -0.410 e. The van der Waals surface area contributed by atoms with Gasteiger partial charge in [0.25, 0.3) is 0 Å². The van der Waals surface area contributed by atoms with E-state index in [1.807, 2.05) is 0 Å². The van der Waals surface area contributed by atoms with Crippen LogP contribution in [0.15, 0.2) is 5.38 Å². The molecule has 0 spiro atoms. The monoisotopic (exact) mass is 300 g/mol. The standard InChI is InChI=1S/C14H28N2OSSi/c1-10(2)19(11(3)4,12(5)6)17-8-13-9-18-14(7-15)16-13/h9-12H,7-8,15H2,1-6H3. The summed E-state index contributed by atoms with van der Waals surface area (Å²) in [5.41, 5.74) is 8.47. The second-order valence-corrected chi connectivity index (χ2v) is 12.4. The van der Waals surface area contributed by atoms with Gasteiger partial charge in [0, 0.05) is 11.9 Å². The first-order chi connectivity index (χ1) is 8.84. The fraction of sp³-hybridized carbons (Fsp3) is 0.786. The number of nitrogens with two attached hydrogens (primary N) is 1. The van der Waals surface area contributed by atoms with Crippen LogP contribution < -0.4 is 5.73 Å². The van der Waals surface area contributed by atoms with Crippen molar-refractivity contribution in [3.63, 3.8) is 0 Å². The Bertz CT molecular complexity index is 369. The van der Waals surface area contributed by atoms with E-state index in [4.69, 9.17) is 10.2 Å². The Morgan fingerprint density at radius 1 is 1.16 bits per heavy atom. The van der Waals surface area contributed by atoms with E-state index >= 15 is 0 Å². The van der Waals surface area contributed by atoms with Gasteiger partial charge >= 0.3 is 0 Å². The fourth-order valence-corrected chi connectivity index (χ4v) is 9.26. The van der Waals surface area contributed by atoms with Crippen molar-refractivity contribution in [1.29, 1.82) is 0 Å². The van der Waals surface area contributed by atoms with Gasteiger partial charge in [0.1, 0.15) is 5.01 Å². The molecule has 1 aromatic rings. The Balaban J connectivity index is 2.83. The van der Waals surface area contributed by atoms with E-state index in [1.54, 1.807) is 11.3 Å². The molecule has 0 unspecified atom stereocenters. The molecule has 2 N–H and O–H groups in total. The van der Waals surface area contributed by atoms with Gasteiger partial charge in [-0.3, -0.25) is 0 Å². The SMILES string of the molecule is CC(C)[Si](OCc1csc(CN)n1)(C(C)C)C(C)C. The molecule has 0 fully saturated rings. The third-order valence-corrected chi connectivity index (χ3v) is 10.9. The van der Waals surface area contributed by atoms with Crippen molar-refractivity contribution in [2.24, 2.45) is 5.73 Å². The number of thiazole rings is 1. The topological polar surface area (TPSA) is 48.1 Å². The molecule has 0 aromatic carbocycles. The van der Waals surface area contributed by atoms with Gasteiger partial charge in [0.15, 0.2) is 0 Å². The summed E-state index contributed by atoms with van der Waals surface area (Å²) in [4.78, 5) is 4.50. The van der Waals surface area contributed by atoms with Crippen LogP contribution in [-0.4, -0.2) is 13.3 Å². The number of nitrogens with zero attached hydrogens (tertiary/aromatic N) is 1. The summed E-state index contributed by atoms with van der Waals surface area (Å²) in [6, 6.07) is 0. The molecular formula is C14H28N2OSSi. The molecule has 0 aliphatic carbocycles. The van der Waals surface area contributed by atoms with Crippen molar-refractivity contribution in [3.05, 3.63) is 16.1 Å². The molecule has 1 rings (SSSR count). The average molecular weight is 301 g/mol. The number of hydrogen-bond donors (Lipinski definition) is 1. The Morgan fingerprint density at radius 2 is 1.68 bits per heavy atom. The largest absolute Gasteiger partial charge is 0.410 e. The van der Waals surface area contributed by atoms with E-state index in [0.717, 1.165) is 10.7 Å². The molecule has 0 atom stereocenters. The van der Waals surface area contributed by atoms with Crippen LogP contribution in [0.4, 0.5) is 0 Å². The maximum absolute atomic E-state index is 6.50. The van der Waals surface area contributed by atoms with Crippen molar-refractivity contribution in [1.82, 2.24) is 4.98 Å². The quantitative estimate of drug-likeness (QED) is 0.764. The van der Waals surface area contributed by atoms with E-state index < -0.39 is 8.32 Å². The first-order valence-electron chi connectivity index (χ1n) is 7.11. The molecular weight excluding hydrogens is 272 g/mol. The molecule has 0 saturated carbocycles. The summed E-state index contributed by atoms with van der Waals surface area (Å²) in [7, 11) is -1.78. The van der Waals surface area contributed by atoms with E-state index in [1.165, 1.54) is 0 Å². The van der Waals surface area contributed by atoms with E-state index in [0.29, 0.717) is 29.8 Å². The Hall–Kier alpha value is -0.233. The highest BCUT2D eigenvalue weighted by atomic mass is 32.1. The van der Waals surface area contributed by atoms with E-state index in [2.05, 4.69) is 51.9 Å². The van der Waals surface area contributed by atoms with Crippen LogP contribution >= 0.6 is 11.3 Å². The lowest BCUT2D eigenvalue weighted by Gasteiger charge is -2.42. The molecule has 3 nitrogen and oxygen atoms in total. The van der Waals surface area contributed by atoms with Crippen molar-refractivity contribution in [2.45, 2.75) is 71.3 Å². The number of rotatable bonds is 7. The van der Waals surface area contributed by atoms with Gasteiger partial charge in [0.2, 0.25) is 8.32 Å². The Morgan fingerprint density at radius 3 is 2.05 bits per heavy atom. The summed E-state index contributed by atoms with van der Waals surface area (Å²) >= 11 is 1.62. The van der Waals surface area contributed by atoms with Gasteiger partial charge in [-0.15, -0.1) is 11.3 Å². The van der Waals surface area contributed by atoms with Crippen LogP contribution in [0.1, 0.15) is 52.2 Å². The normalized spacial score (nSPS) is 12.9. The summed E-state index contributed by atoms with van der Waals surface area (Å²) in [6.45, 7) is 15.0. The molecule has 0 radical (unpaired) electrons. The zero-order chi connectivity index (χ0) is 14.6. The van der Waals surface area contributed by atoms with Crippen molar-refractivity contribution in [2.75, 3.05) is 0 Å². The van der Waals surface area contributed by atoms with Crippen LogP contribution in [0.5, 0.6) is 0 Å². The van der Waals surface area contributed by atoms with Crippen molar-refractivity contribution < 1.29 is 4.43 Å².